The van der Waals surface area contributed by atoms with Gasteiger partial charge in [-0.15, -0.1) is 0 Å². The predicted molar refractivity (Wildman–Crippen MR) is 108 cm³/mol. The molecule has 1 unspecified atom stereocenters. The second-order valence-electron chi connectivity index (χ2n) is 8.23. The number of nitro benzene ring substituents is 1. The Balaban J connectivity index is 1.82. The van der Waals surface area contributed by atoms with Crippen molar-refractivity contribution in [2.24, 2.45) is 5.41 Å². The lowest BCUT2D eigenvalue weighted by atomic mass is 9.70. The highest BCUT2D eigenvalue weighted by Gasteiger charge is 2.38. The minimum Gasteiger partial charge on any atom is -0.358 e. The molecule has 1 aliphatic heterocycles. The normalized spacial score (nSPS) is 20.9. The SMILES string of the molecule is CC1(C)CC(=O)C2=C(C1)NC(c1ccccc1)=CC2c1ccc([N+](=O)[O-])cc1. The Morgan fingerprint density at radius 2 is 1.71 bits per heavy atom. The average molecular weight is 374 g/mol. The van der Waals surface area contributed by atoms with E-state index in [1.165, 1.54) is 12.1 Å². The Bertz CT molecular complexity index is 1000. The summed E-state index contributed by atoms with van der Waals surface area (Å²) >= 11 is 0. The first-order valence-corrected chi connectivity index (χ1v) is 9.39. The maximum atomic E-state index is 13.0. The van der Waals surface area contributed by atoms with Crippen molar-refractivity contribution in [2.45, 2.75) is 32.6 Å². The van der Waals surface area contributed by atoms with Crippen molar-refractivity contribution in [2.75, 3.05) is 0 Å². The molecule has 1 heterocycles. The van der Waals surface area contributed by atoms with Crippen molar-refractivity contribution in [3.63, 3.8) is 0 Å². The topological polar surface area (TPSA) is 72.2 Å². The fraction of sp³-hybridized carbons (Fsp3) is 0.261. The molecule has 0 saturated carbocycles. The third-order valence-electron chi connectivity index (χ3n) is 5.40. The van der Waals surface area contributed by atoms with Gasteiger partial charge in [0.05, 0.1) is 4.92 Å². The first-order valence-electron chi connectivity index (χ1n) is 9.39. The standard InChI is InChI=1S/C23H22N2O3/c1-23(2)13-20-22(21(26)14-23)18(15-8-10-17(11-9-15)25(27)28)12-19(24-20)16-6-4-3-5-7-16/h3-12,18,24H,13-14H2,1-2H3. The zero-order valence-electron chi connectivity index (χ0n) is 15.9. The van der Waals surface area contributed by atoms with Crippen LogP contribution in [0.25, 0.3) is 5.70 Å². The van der Waals surface area contributed by atoms with Gasteiger partial charge in [-0.3, -0.25) is 14.9 Å². The van der Waals surface area contributed by atoms with Crippen LogP contribution in [0.15, 0.2) is 71.9 Å². The van der Waals surface area contributed by atoms with Crippen molar-refractivity contribution in [3.05, 3.63) is 93.2 Å². The molecule has 0 aromatic heterocycles. The van der Waals surface area contributed by atoms with Crippen LogP contribution in [0.3, 0.4) is 0 Å². The Kier molecular flexibility index (Phi) is 4.38. The van der Waals surface area contributed by atoms with E-state index < -0.39 is 4.92 Å². The molecule has 2 aromatic rings. The lowest BCUT2D eigenvalue weighted by molar-refractivity contribution is -0.384. The van der Waals surface area contributed by atoms with Crippen LogP contribution < -0.4 is 5.32 Å². The summed E-state index contributed by atoms with van der Waals surface area (Å²) in [4.78, 5) is 23.6. The molecule has 0 fully saturated rings. The molecule has 1 N–H and O–H groups in total. The molecule has 0 saturated heterocycles. The van der Waals surface area contributed by atoms with E-state index in [0.29, 0.717) is 6.42 Å². The number of allylic oxidation sites excluding steroid dienone is 3. The van der Waals surface area contributed by atoms with Crippen LogP contribution >= 0.6 is 0 Å². The third-order valence-corrected chi connectivity index (χ3v) is 5.40. The largest absolute Gasteiger partial charge is 0.358 e. The Morgan fingerprint density at radius 1 is 1.04 bits per heavy atom. The van der Waals surface area contributed by atoms with Crippen LogP contribution in [-0.4, -0.2) is 10.7 Å². The number of nitro groups is 1. The van der Waals surface area contributed by atoms with Crippen molar-refractivity contribution >= 4 is 17.2 Å². The van der Waals surface area contributed by atoms with Gasteiger partial charge >= 0.3 is 0 Å². The number of ketones is 1. The number of carbonyl (C=O) groups excluding carboxylic acids is 1. The fourth-order valence-corrected chi connectivity index (χ4v) is 4.11. The molecule has 0 spiro atoms. The van der Waals surface area contributed by atoms with E-state index in [0.717, 1.165) is 34.5 Å². The molecule has 0 bridgehead atoms. The number of hydrogen-bond acceptors (Lipinski definition) is 4. The molecular weight excluding hydrogens is 352 g/mol. The minimum absolute atomic E-state index is 0.0512. The van der Waals surface area contributed by atoms with Crippen molar-refractivity contribution in [1.82, 2.24) is 5.32 Å². The van der Waals surface area contributed by atoms with Gasteiger partial charge in [-0.1, -0.05) is 56.3 Å². The molecule has 2 aromatic carbocycles. The van der Waals surface area contributed by atoms with E-state index in [2.05, 4.69) is 25.2 Å². The summed E-state index contributed by atoms with van der Waals surface area (Å²) in [6, 6.07) is 16.5. The molecule has 0 radical (unpaired) electrons. The molecule has 1 aliphatic carbocycles. The quantitative estimate of drug-likeness (QED) is 0.608. The molecule has 142 valence electrons. The van der Waals surface area contributed by atoms with Crippen LogP contribution in [-0.2, 0) is 4.79 Å². The van der Waals surface area contributed by atoms with Gasteiger partial charge in [0.15, 0.2) is 5.78 Å². The number of Topliss-reactive ketones (excluding diaryl/α,β-unsaturated/α-hetero) is 1. The summed E-state index contributed by atoms with van der Waals surface area (Å²) < 4.78 is 0. The molecule has 2 aliphatic rings. The van der Waals surface area contributed by atoms with E-state index in [9.17, 15) is 14.9 Å². The second-order valence-corrected chi connectivity index (χ2v) is 8.23. The van der Waals surface area contributed by atoms with Gasteiger partial charge < -0.3 is 5.32 Å². The van der Waals surface area contributed by atoms with Crippen LogP contribution in [0.2, 0.25) is 0 Å². The van der Waals surface area contributed by atoms with Crippen LogP contribution in [0, 0.1) is 15.5 Å². The van der Waals surface area contributed by atoms with Gasteiger partial charge in [-0.05, 0) is 29.0 Å². The highest BCUT2D eigenvalue weighted by atomic mass is 16.6. The lowest BCUT2D eigenvalue weighted by Crippen LogP contribution is -2.35. The molecule has 28 heavy (non-hydrogen) atoms. The minimum atomic E-state index is -0.406. The molecule has 4 rings (SSSR count). The zero-order valence-corrected chi connectivity index (χ0v) is 15.9. The van der Waals surface area contributed by atoms with E-state index in [1.54, 1.807) is 12.1 Å². The molecule has 1 atom stereocenters. The maximum absolute atomic E-state index is 13.0. The fourth-order valence-electron chi connectivity index (χ4n) is 4.11. The zero-order chi connectivity index (χ0) is 19.9. The summed E-state index contributed by atoms with van der Waals surface area (Å²) in [7, 11) is 0. The summed E-state index contributed by atoms with van der Waals surface area (Å²) in [5.41, 5.74) is 4.61. The second kappa shape index (κ2) is 6.75. The van der Waals surface area contributed by atoms with Gasteiger partial charge in [0.2, 0.25) is 0 Å². The van der Waals surface area contributed by atoms with E-state index in [1.807, 2.05) is 30.3 Å². The predicted octanol–water partition coefficient (Wildman–Crippen LogP) is 4.97. The number of benzene rings is 2. The number of rotatable bonds is 3. The molecule has 5 nitrogen and oxygen atoms in total. The average Bonchev–Trinajstić information content (AvgIpc) is 2.66. The van der Waals surface area contributed by atoms with Crippen LogP contribution in [0.1, 0.15) is 43.7 Å². The molecule has 0 amide bonds. The number of non-ortho nitro benzene ring substituents is 1. The van der Waals surface area contributed by atoms with Gasteiger partial charge in [0.1, 0.15) is 0 Å². The number of carbonyl (C=O) groups is 1. The van der Waals surface area contributed by atoms with Crippen LogP contribution in [0.5, 0.6) is 0 Å². The van der Waals surface area contributed by atoms with Crippen molar-refractivity contribution in [1.29, 1.82) is 0 Å². The van der Waals surface area contributed by atoms with Gasteiger partial charge in [-0.2, -0.15) is 0 Å². The third kappa shape index (κ3) is 3.36. The number of hydrogen-bond donors (Lipinski definition) is 1. The number of nitrogens with one attached hydrogen (secondary N) is 1. The maximum Gasteiger partial charge on any atom is 0.269 e. The lowest BCUT2D eigenvalue weighted by Gasteiger charge is -2.38. The van der Waals surface area contributed by atoms with Crippen LogP contribution in [0.4, 0.5) is 5.69 Å². The van der Waals surface area contributed by atoms with Gasteiger partial charge in [-0.25, -0.2) is 0 Å². The Labute approximate surface area is 163 Å². The van der Waals surface area contributed by atoms with Gasteiger partial charge in [0, 0.05) is 41.4 Å². The summed E-state index contributed by atoms with van der Waals surface area (Å²) in [6.45, 7) is 4.22. The smallest absolute Gasteiger partial charge is 0.269 e. The first-order chi connectivity index (χ1) is 13.3. The van der Waals surface area contributed by atoms with Crippen molar-refractivity contribution < 1.29 is 9.72 Å². The summed E-state index contributed by atoms with van der Waals surface area (Å²) in [5, 5.41) is 14.5. The highest BCUT2D eigenvalue weighted by molar-refractivity contribution is 6.00. The van der Waals surface area contributed by atoms with E-state index in [-0.39, 0.29) is 22.8 Å². The molecule has 5 heteroatoms. The van der Waals surface area contributed by atoms with E-state index in [4.69, 9.17) is 0 Å². The molecular formula is C23H22N2O3. The first kappa shape index (κ1) is 18.2. The summed E-state index contributed by atoms with van der Waals surface area (Å²) in [5.74, 6) is -0.0682. The van der Waals surface area contributed by atoms with Crippen molar-refractivity contribution in [3.8, 4) is 0 Å². The highest BCUT2D eigenvalue weighted by Crippen LogP contribution is 2.45. The van der Waals surface area contributed by atoms with Gasteiger partial charge in [0.25, 0.3) is 5.69 Å². The number of dihydropyridines is 1. The van der Waals surface area contributed by atoms with E-state index >= 15 is 0 Å². The number of nitrogens with zero attached hydrogens (tertiary/aromatic N) is 1. The Morgan fingerprint density at radius 3 is 2.36 bits per heavy atom. The monoisotopic (exact) mass is 374 g/mol. The Hall–Kier alpha value is -3.21. The summed E-state index contributed by atoms with van der Waals surface area (Å²) in [6.07, 6.45) is 3.36.